The van der Waals surface area contributed by atoms with Gasteiger partial charge in [0.15, 0.2) is 5.78 Å². The molecule has 0 aromatic heterocycles. The van der Waals surface area contributed by atoms with Crippen molar-refractivity contribution in [3.05, 3.63) is 75.5 Å². The van der Waals surface area contributed by atoms with Crippen molar-refractivity contribution in [3.8, 4) is 0 Å². The molecule has 0 saturated carbocycles. The number of hydrogen-bond acceptors (Lipinski definition) is 1. The van der Waals surface area contributed by atoms with E-state index in [0.717, 1.165) is 5.56 Å². The predicted molar refractivity (Wildman–Crippen MR) is 78.8 cm³/mol. The number of hydrogen-bond donors (Lipinski definition) is 0. The molecule has 0 aliphatic rings. The summed E-state index contributed by atoms with van der Waals surface area (Å²) in [6.07, 6.45) is 1.70. The van der Waals surface area contributed by atoms with E-state index >= 15 is 0 Å². The summed E-state index contributed by atoms with van der Waals surface area (Å²) in [4.78, 5) is 12.3. The lowest BCUT2D eigenvalue weighted by atomic mass is 10.0. The molecule has 0 N–H and O–H groups in total. The van der Waals surface area contributed by atoms with Crippen LogP contribution in [0.1, 0.15) is 27.0 Å². The summed E-state index contributed by atoms with van der Waals surface area (Å²) in [6.45, 7) is 5.32. The third kappa shape index (κ3) is 2.82. The number of halogens is 2. The van der Waals surface area contributed by atoms with Crippen LogP contribution >= 0.6 is 15.9 Å². The average molecular weight is 319 g/mol. The summed E-state index contributed by atoms with van der Waals surface area (Å²) < 4.78 is 14.2. The van der Waals surface area contributed by atoms with Gasteiger partial charge in [-0.05, 0) is 30.2 Å². The van der Waals surface area contributed by atoms with E-state index in [1.165, 1.54) is 6.07 Å². The maximum absolute atomic E-state index is 13.6. The molecule has 0 unspecified atom stereocenters. The Kier molecular flexibility index (Phi) is 3.96. The van der Waals surface area contributed by atoms with Crippen molar-refractivity contribution in [1.29, 1.82) is 0 Å². The van der Waals surface area contributed by atoms with Crippen LogP contribution in [0.5, 0.6) is 0 Å². The monoisotopic (exact) mass is 318 g/mol. The molecular weight excluding hydrogens is 307 g/mol. The summed E-state index contributed by atoms with van der Waals surface area (Å²) in [6, 6.07) is 9.91. The second kappa shape index (κ2) is 5.49. The third-order valence-corrected chi connectivity index (χ3v) is 3.56. The summed E-state index contributed by atoms with van der Waals surface area (Å²) in [5.74, 6) is -0.587. The first-order valence-electron chi connectivity index (χ1n) is 5.76. The van der Waals surface area contributed by atoms with Crippen molar-refractivity contribution in [2.75, 3.05) is 0 Å². The molecule has 0 atom stereocenters. The second-order valence-corrected chi connectivity index (χ2v) is 5.09. The summed E-state index contributed by atoms with van der Waals surface area (Å²) in [5, 5.41) is 0. The lowest BCUT2D eigenvalue weighted by Gasteiger charge is -2.06. The van der Waals surface area contributed by atoms with E-state index in [4.69, 9.17) is 0 Å². The molecule has 0 fully saturated rings. The number of benzene rings is 2. The van der Waals surface area contributed by atoms with Crippen LogP contribution in [0.3, 0.4) is 0 Å². The molecule has 19 heavy (non-hydrogen) atoms. The fourth-order valence-electron chi connectivity index (χ4n) is 1.75. The topological polar surface area (TPSA) is 17.1 Å². The van der Waals surface area contributed by atoms with E-state index in [0.29, 0.717) is 21.2 Å². The Labute approximate surface area is 119 Å². The van der Waals surface area contributed by atoms with Crippen molar-refractivity contribution < 1.29 is 9.18 Å². The number of carbonyl (C=O) groups excluding carboxylic acids is 1. The maximum atomic E-state index is 13.6. The highest BCUT2D eigenvalue weighted by Gasteiger charge is 2.14. The predicted octanol–water partition coefficient (Wildman–Crippen LogP) is 4.77. The van der Waals surface area contributed by atoms with E-state index in [-0.39, 0.29) is 11.6 Å². The van der Waals surface area contributed by atoms with Crippen LogP contribution < -0.4 is 0 Å². The van der Waals surface area contributed by atoms with Crippen LogP contribution in [-0.2, 0) is 0 Å². The molecule has 0 heterocycles. The van der Waals surface area contributed by atoms with Gasteiger partial charge >= 0.3 is 0 Å². The van der Waals surface area contributed by atoms with E-state index in [2.05, 4.69) is 22.5 Å². The highest BCUT2D eigenvalue weighted by molar-refractivity contribution is 9.10. The summed E-state index contributed by atoms with van der Waals surface area (Å²) in [5.41, 5.74) is 2.29. The van der Waals surface area contributed by atoms with Crippen LogP contribution in [-0.4, -0.2) is 5.78 Å². The van der Waals surface area contributed by atoms with Crippen LogP contribution in [0, 0.1) is 12.7 Å². The van der Waals surface area contributed by atoms with Crippen molar-refractivity contribution >= 4 is 27.8 Å². The normalized spacial score (nSPS) is 10.3. The lowest BCUT2D eigenvalue weighted by Crippen LogP contribution is -2.03. The molecule has 0 aliphatic heterocycles. The van der Waals surface area contributed by atoms with Crippen molar-refractivity contribution in [2.45, 2.75) is 6.92 Å². The fourth-order valence-corrected chi connectivity index (χ4v) is 2.38. The van der Waals surface area contributed by atoms with Crippen LogP contribution in [0.2, 0.25) is 0 Å². The van der Waals surface area contributed by atoms with Gasteiger partial charge in [-0.2, -0.15) is 0 Å². The number of aryl methyl sites for hydroxylation is 1. The van der Waals surface area contributed by atoms with Gasteiger partial charge in [-0.15, -0.1) is 0 Å². The average Bonchev–Trinajstić information content (AvgIpc) is 2.42. The Morgan fingerprint density at radius 1 is 1.26 bits per heavy atom. The molecule has 2 rings (SSSR count). The Bertz CT molecular complexity index is 645. The minimum atomic E-state index is -0.380. The van der Waals surface area contributed by atoms with Crippen LogP contribution in [0.25, 0.3) is 6.08 Å². The van der Waals surface area contributed by atoms with Gasteiger partial charge in [0.25, 0.3) is 0 Å². The minimum Gasteiger partial charge on any atom is -0.289 e. The molecule has 1 nitrogen and oxygen atoms in total. The Morgan fingerprint density at radius 3 is 2.47 bits per heavy atom. The van der Waals surface area contributed by atoms with Gasteiger partial charge < -0.3 is 0 Å². The van der Waals surface area contributed by atoms with E-state index < -0.39 is 0 Å². The Hall–Kier alpha value is -1.74. The zero-order valence-electron chi connectivity index (χ0n) is 10.4. The molecule has 0 spiro atoms. The van der Waals surface area contributed by atoms with E-state index in [9.17, 15) is 9.18 Å². The van der Waals surface area contributed by atoms with Gasteiger partial charge in [0, 0.05) is 15.6 Å². The first-order chi connectivity index (χ1) is 9.02. The Balaban J connectivity index is 2.43. The Morgan fingerprint density at radius 2 is 1.89 bits per heavy atom. The van der Waals surface area contributed by atoms with Crippen molar-refractivity contribution in [1.82, 2.24) is 0 Å². The minimum absolute atomic E-state index is 0.207. The van der Waals surface area contributed by atoms with Gasteiger partial charge in [0.05, 0.1) is 0 Å². The summed E-state index contributed by atoms with van der Waals surface area (Å²) in [7, 11) is 0. The molecule has 2 aromatic carbocycles. The lowest BCUT2D eigenvalue weighted by molar-refractivity contribution is 0.103. The fraction of sp³-hybridized carbons (Fsp3) is 0.0625. The molecule has 96 valence electrons. The molecule has 3 heteroatoms. The molecule has 0 amide bonds. The SMILES string of the molecule is C=Cc1ccc(C(=O)c2cc(F)c(C)cc2Br)cc1. The second-order valence-electron chi connectivity index (χ2n) is 4.24. The largest absolute Gasteiger partial charge is 0.289 e. The molecule has 0 saturated heterocycles. The molecule has 0 radical (unpaired) electrons. The first kappa shape index (κ1) is 13.7. The molecule has 0 bridgehead atoms. The van der Waals surface area contributed by atoms with Crippen LogP contribution in [0.15, 0.2) is 47.4 Å². The van der Waals surface area contributed by atoms with Gasteiger partial charge in [-0.1, -0.05) is 52.9 Å². The number of carbonyl (C=O) groups is 1. The van der Waals surface area contributed by atoms with Gasteiger partial charge in [-0.25, -0.2) is 4.39 Å². The van der Waals surface area contributed by atoms with Crippen molar-refractivity contribution in [3.63, 3.8) is 0 Å². The first-order valence-corrected chi connectivity index (χ1v) is 6.55. The number of ketones is 1. The third-order valence-electron chi connectivity index (χ3n) is 2.90. The number of rotatable bonds is 3. The summed E-state index contributed by atoms with van der Waals surface area (Å²) >= 11 is 3.30. The zero-order chi connectivity index (χ0) is 14.0. The van der Waals surface area contributed by atoms with Crippen LogP contribution in [0.4, 0.5) is 4.39 Å². The van der Waals surface area contributed by atoms with Gasteiger partial charge in [0.1, 0.15) is 5.82 Å². The smallest absolute Gasteiger partial charge is 0.194 e. The molecule has 2 aromatic rings. The van der Waals surface area contributed by atoms with E-state index in [1.54, 1.807) is 43.3 Å². The maximum Gasteiger partial charge on any atom is 0.194 e. The quantitative estimate of drug-likeness (QED) is 0.745. The zero-order valence-corrected chi connectivity index (χ0v) is 12.0. The van der Waals surface area contributed by atoms with Crippen molar-refractivity contribution in [2.24, 2.45) is 0 Å². The molecular formula is C16H12BrFO. The molecule has 0 aliphatic carbocycles. The van der Waals surface area contributed by atoms with Gasteiger partial charge in [0.2, 0.25) is 0 Å². The highest BCUT2D eigenvalue weighted by Crippen LogP contribution is 2.24. The van der Waals surface area contributed by atoms with E-state index in [1.807, 2.05) is 0 Å². The highest BCUT2D eigenvalue weighted by atomic mass is 79.9. The van der Waals surface area contributed by atoms with Gasteiger partial charge in [-0.3, -0.25) is 4.79 Å². The standard InChI is InChI=1S/C16H12BrFO/c1-3-11-4-6-12(7-5-11)16(19)13-9-15(18)10(2)8-14(13)17/h3-9H,1H2,2H3.